The maximum absolute atomic E-state index is 13.2. The van der Waals surface area contributed by atoms with Crippen molar-refractivity contribution in [1.29, 1.82) is 0 Å². The van der Waals surface area contributed by atoms with Crippen molar-refractivity contribution < 1.29 is 76.7 Å². The van der Waals surface area contributed by atoms with Gasteiger partial charge in [-0.3, -0.25) is 9.35 Å². The van der Waals surface area contributed by atoms with Gasteiger partial charge in [0.1, 0.15) is 29.4 Å². The third kappa shape index (κ3) is 5.06. The van der Waals surface area contributed by atoms with E-state index in [2.05, 4.69) is 4.18 Å². The number of benzene rings is 2. The molecule has 2 heterocycles. The molecule has 210 valence electrons. The summed E-state index contributed by atoms with van der Waals surface area (Å²) in [6, 6.07) is 3.19. The van der Waals surface area contributed by atoms with Crippen LogP contribution in [0, 0.1) is 0 Å². The minimum absolute atomic E-state index is 0.352. The van der Waals surface area contributed by atoms with E-state index in [1.165, 1.54) is 0 Å². The van der Waals surface area contributed by atoms with Crippen molar-refractivity contribution in [2.45, 2.75) is 30.7 Å². The predicted octanol–water partition coefficient (Wildman–Crippen LogP) is -1.27. The summed E-state index contributed by atoms with van der Waals surface area (Å²) < 4.78 is 52.2. The topological polar surface area (TPSA) is 291 Å². The van der Waals surface area contributed by atoms with Crippen LogP contribution in [0.3, 0.4) is 0 Å². The number of phenolic OH excluding ortho intramolecular Hbond substituents is 4. The van der Waals surface area contributed by atoms with E-state index < -0.39 is 104 Å². The van der Waals surface area contributed by atoms with Crippen LogP contribution in [-0.4, -0.2) is 90.5 Å². The average molecular weight is 574 g/mol. The minimum Gasteiger partial charge on any atom is -0.507 e. The number of carbonyl (C=O) groups is 1. The normalized spacial score (nSPS) is 23.4. The summed E-state index contributed by atoms with van der Waals surface area (Å²) in [7, 11) is -5.40. The highest BCUT2D eigenvalue weighted by atomic mass is 32.3. The number of hydrogen-bond donors (Lipinski definition) is 9. The summed E-state index contributed by atoms with van der Waals surface area (Å²) in [5, 5.41) is 78.6. The number of aliphatic carboxylic acids is 1. The van der Waals surface area contributed by atoms with Crippen LogP contribution in [0.15, 0.2) is 33.5 Å². The largest absolute Gasteiger partial charge is 0.507 e. The Kier molecular flexibility index (Phi) is 6.93. The first kappa shape index (κ1) is 27.7. The molecule has 1 aliphatic heterocycles. The van der Waals surface area contributed by atoms with E-state index in [9.17, 15) is 63.4 Å². The van der Waals surface area contributed by atoms with Gasteiger partial charge in [-0.25, -0.2) is 4.79 Å². The molecule has 18 heteroatoms. The quantitative estimate of drug-likeness (QED) is 0.122. The van der Waals surface area contributed by atoms with Crippen LogP contribution in [0.25, 0.3) is 22.3 Å². The molecule has 3 aromatic rings. The van der Waals surface area contributed by atoms with Crippen LogP contribution >= 0.6 is 0 Å². The summed E-state index contributed by atoms with van der Waals surface area (Å²) in [6.07, 6.45) is -10.6. The average Bonchev–Trinajstić information content (AvgIpc) is 2.83. The first-order chi connectivity index (χ1) is 18.1. The SMILES string of the molecule is O=C(O)C1OC(Oc2c(O)cc(O)c3c(=O)c(OS(=O)(=O)O)c(-c4ccc(O)c(O)c4)oc23)C(O)C(O)C1O. The van der Waals surface area contributed by atoms with E-state index in [0.717, 1.165) is 18.2 Å². The summed E-state index contributed by atoms with van der Waals surface area (Å²) in [5.41, 5.74) is -2.72. The van der Waals surface area contributed by atoms with Crippen molar-refractivity contribution >= 4 is 27.3 Å². The summed E-state index contributed by atoms with van der Waals surface area (Å²) in [5.74, 6) is -8.26. The number of rotatable bonds is 6. The molecule has 5 unspecified atom stereocenters. The van der Waals surface area contributed by atoms with Gasteiger partial charge in [0.2, 0.25) is 23.2 Å². The molecule has 39 heavy (non-hydrogen) atoms. The molecule has 1 aliphatic rings. The lowest BCUT2D eigenvalue weighted by atomic mass is 9.99. The fraction of sp³-hybridized carbons (Fsp3) is 0.238. The summed E-state index contributed by atoms with van der Waals surface area (Å²) in [6.45, 7) is 0. The van der Waals surface area contributed by atoms with Gasteiger partial charge in [0.05, 0.1) is 0 Å². The Hall–Kier alpha value is -4.33. The lowest BCUT2D eigenvalue weighted by Crippen LogP contribution is -2.61. The highest BCUT2D eigenvalue weighted by Crippen LogP contribution is 2.45. The van der Waals surface area contributed by atoms with Gasteiger partial charge in [-0.15, -0.1) is 0 Å². The summed E-state index contributed by atoms with van der Waals surface area (Å²) >= 11 is 0. The highest BCUT2D eigenvalue weighted by Gasteiger charge is 2.48. The molecular formula is C21H18O17S. The zero-order chi connectivity index (χ0) is 29.0. The molecule has 0 saturated carbocycles. The number of hydrogen-bond acceptors (Lipinski definition) is 15. The second kappa shape index (κ2) is 9.76. The van der Waals surface area contributed by atoms with Crippen molar-refractivity contribution in [1.82, 2.24) is 0 Å². The smallest absolute Gasteiger partial charge is 0.446 e. The van der Waals surface area contributed by atoms with Gasteiger partial charge >= 0.3 is 16.4 Å². The molecule has 4 rings (SSSR count). The van der Waals surface area contributed by atoms with Crippen molar-refractivity contribution in [3.05, 3.63) is 34.5 Å². The van der Waals surface area contributed by atoms with Crippen LogP contribution in [0.2, 0.25) is 0 Å². The fourth-order valence-corrected chi connectivity index (χ4v) is 4.07. The second-order valence-electron chi connectivity index (χ2n) is 8.10. The molecule has 9 N–H and O–H groups in total. The van der Waals surface area contributed by atoms with E-state index in [0.29, 0.717) is 6.07 Å². The van der Waals surface area contributed by atoms with E-state index in [1.54, 1.807) is 0 Å². The van der Waals surface area contributed by atoms with Crippen LogP contribution in [0.4, 0.5) is 0 Å². The molecule has 5 atom stereocenters. The van der Waals surface area contributed by atoms with Gasteiger partial charge in [0.15, 0.2) is 34.7 Å². The zero-order valence-electron chi connectivity index (χ0n) is 18.9. The van der Waals surface area contributed by atoms with Crippen molar-refractivity contribution in [3.8, 4) is 45.8 Å². The van der Waals surface area contributed by atoms with Crippen molar-refractivity contribution in [2.24, 2.45) is 0 Å². The Morgan fingerprint density at radius 1 is 0.872 bits per heavy atom. The van der Waals surface area contributed by atoms with Crippen LogP contribution < -0.4 is 14.3 Å². The Bertz CT molecular complexity index is 1630. The lowest BCUT2D eigenvalue weighted by molar-refractivity contribution is -0.271. The van der Waals surface area contributed by atoms with E-state index in [-0.39, 0.29) is 5.56 Å². The molecule has 0 aliphatic carbocycles. The number of aromatic hydroxyl groups is 4. The Morgan fingerprint density at radius 3 is 2.13 bits per heavy atom. The molecular weight excluding hydrogens is 556 g/mol. The predicted molar refractivity (Wildman–Crippen MR) is 122 cm³/mol. The Balaban J connectivity index is 1.98. The molecule has 0 spiro atoms. The molecule has 1 aromatic heterocycles. The zero-order valence-corrected chi connectivity index (χ0v) is 19.7. The third-order valence-electron chi connectivity index (χ3n) is 5.51. The first-order valence-electron chi connectivity index (χ1n) is 10.4. The number of carboxylic acids is 1. The minimum atomic E-state index is -5.40. The van der Waals surface area contributed by atoms with E-state index in [4.69, 9.17) is 13.9 Å². The van der Waals surface area contributed by atoms with Gasteiger partial charge in [-0.1, -0.05) is 0 Å². The number of fused-ring (bicyclic) bond motifs is 1. The first-order valence-corrected chi connectivity index (χ1v) is 11.8. The molecule has 2 aromatic carbocycles. The van der Waals surface area contributed by atoms with Gasteiger partial charge in [-0.05, 0) is 18.2 Å². The van der Waals surface area contributed by atoms with Crippen LogP contribution in [0.1, 0.15) is 0 Å². The molecule has 0 amide bonds. The van der Waals surface area contributed by atoms with E-state index in [1.807, 2.05) is 0 Å². The number of aliphatic hydroxyl groups is 3. The standard InChI is InChI=1S/C21H18O17S/c22-6-2-1-5(3-7(6)23)15-18(38-39(32,33)34)11(26)10-8(24)4-9(25)16(17(10)35-15)36-21-14(29)12(27)13(28)19(37-21)20(30)31/h1-4,12-14,19,21-25,27-29H,(H,30,31)(H,32,33,34). The number of phenols is 4. The maximum Gasteiger partial charge on any atom is 0.446 e. The maximum atomic E-state index is 13.2. The monoisotopic (exact) mass is 574 g/mol. The number of carboxylic acid groups (broad SMARTS) is 1. The van der Waals surface area contributed by atoms with Gasteiger partial charge in [0, 0.05) is 11.6 Å². The Labute approximate surface area is 215 Å². The number of ether oxygens (including phenoxy) is 2. The van der Waals surface area contributed by atoms with Gasteiger partial charge < -0.3 is 58.9 Å². The van der Waals surface area contributed by atoms with Crippen molar-refractivity contribution in [3.63, 3.8) is 0 Å². The fourth-order valence-electron chi connectivity index (χ4n) is 3.71. The van der Waals surface area contributed by atoms with Gasteiger partial charge in [-0.2, -0.15) is 8.42 Å². The van der Waals surface area contributed by atoms with Gasteiger partial charge in [0.25, 0.3) is 0 Å². The molecule has 1 saturated heterocycles. The molecule has 0 bridgehead atoms. The number of aliphatic hydroxyl groups excluding tert-OH is 3. The summed E-state index contributed by atoms with van der Waals surface area (Å²) in [4.78, 5) is 24.6. The van der Waals surface area contributed by atoms with Crippen LogP contribution in [-0.2, 0) is 19.9 Å². The van der Waals surface area contributed by atoms with Crippen molar-refractivity contribution in [2.75, 3.05) is 0 Å². The molecule has 0 radical (unpaired) electrons. The van der Waals surface area contributed by atoms with Crippen LogP contribution in [0.5, 0.6) is 34.5 Å². The lowest BCUT2D eigenvalue weighted by Gasteiger charge is -2.38. The molecule has 1 fully saturated rings. The highest BCUT2D eigenvalue weighted by molar-refractivity contribution is 7.81. The third-order valence-corrected chi connectivity index (χ3v) is 5.89. The Morgan fingerprint density at radius 2 is 1.54 bits per heavy atom. The molecule has 17 nitrogen and oxygen atoms in total. The van der Waals surface area contributed by atoms with E-state index >= 15 is 0 Å². The second-order valence-corrected chi connectivity index (χ2v) is 9.13.